The number of ether oxygens (including phenoxy) is 1. The molecule has 0 bridgehead atoms. The molecule has 3 fully saturated rings. The van der Waals surface area contributed by atoms with E-state index >= 15 is 0 Å². The average Bonchev–Trinajstić information content (AvgIpc) is 3.59. The summed E-state index contributed by atoms with van der Waals surface area (Å²) >= 11 is 0. The van der Waals surface area contributed by atoms with Gasteiger partial charge in [0.05, 0.1) is 0 Å². The van der Waals surface area contributed by atoms with Gasteiger partial charge in [-0.1, -0.05) is 91.0 Å². The third-order valence-corrected chi connectivity index (χ3v) is 10.5. The van der Waals surface area contributed by atoms with Crippen LogP contribution in [0.4, 0.5) is 4.79 Å². The van der Waals surface area contributed by atoms with Crippen LogP contribution in [0.25, 0.3) is 0 Å². The lowest BCUT2D eigenvalue weighted by Crippen LogP contribution is -2.74. The first-order valence-corrected chi connectivity index (χ1v) is 18.1. The highest BCUT2D eigenvalue weighted by atomic mass is 16.5. The van der Waals surface area contributed by atoms with E-state index in [2.05, 4.69) is 75.0 Å². The maximum Gasteiger partial charge on any atom is 0.407 e. The number of piperidine rings is 1. The van der Waals surface area contributed by atoms with E-state index < -0.39 is 17.7 Å². The van der Waals surface area contributed by atoms with Crippen molar-refractivity contribution in [1.82, 2.24) is 25.3 Å². The minimum Gasteiger partial charge on any atom is -0.445 e. The third kappa shape index (κ3) is 9.08. The Kier molecular flexibility index (Phi) is 12.0. The van der Waals surface area contributed by atoms with Gasteiger partial charge < -0.3 is 25.2 Å². The molecular formula is C40H51N5O4. The van der Waals surface area contributed by atoms with E-state index in [1.807, 2.05) is 41.3 Å². The predicted molar refractivity (Wildman–Crippen MR) is 191 cm³/mol. The Hall–Kier alpha value is -4.21. The van der Waals surface area contributed by atoms with Crippen LogP contribution in [0.1, 0.15) is 61.6 Å². The second kappa shape index (κ2) is 16.9. The summed E-state index contributed by atoms with van der Waals surface area (Å²) in [5, 5.41) is 5.98. The number of piperazine rings is 1. The molecule has 0 saturated carbocycles. The van der Waals surface area contributed by atoms with E-state index in [-0.39, 0.29) is 24.5 Å². The van der Waals surface area contributed by atoms with Gasteiger partial charge in [0.2, 0.25) is 11.8 Å². The summed E-state index contributed by atoms with van der Waals surface area (Å²) in [4.78, 5) is 47.6. The van der Waals surface area contributed by atoms with Gasteiger partial charge in [-0.2, -0.15) is 0 Å². The molecule has 6 rings (SSSR count). The molecule has 0 aliphatic carbocycles. The molecule has 2 N–H and O–H groups in total. The first-order valence-electron chi connectivity index (χ1n) is 18.1. The molecule has 3 aliphatic rings. The summed E-state index contributed by atoms with van der Waals surface area (Å²) in [5.41, 5.74) is 2.75. The first kappa shape index (κ1) is 34.6. The zero-order valence-electron chi connectivity index (χ0n) is 28.6. The van der Waals surface area contributed by atoms with E-state index in [0.29, 0.717) is 38.6 Å². The van der Waals surface area contributed by atoms with Crippen LogP contribution >= 0.6 is 0 Å². The van der Waals surface area contributed by atoms with Crippen molar-refractivity contribution in [3.05, 3.63) is 108 Å². The molecule has 3 saturated heterocycles. The number of aryl methyl sites for hydroxylation is 1. The molecule has 9 nitrogen and oxygen atoms in total. The number of hydrogen-bond acceptors (Lipinski definition) is 6. The number of carbonyl (C=O) groups excluding carboxylic acids is 3. The van der Waals surface area contributed by atoms with Gasteiger partial charge in [-0.25, -0.2) is 4.79 Å². The smallest absolute Gasteiger partial charge is 0.407 e. The van der Waals surface area contributed by atoms with Gasteiger partial charge in [-0.05, 0) is 74.6 Å². The monoisotopic (exact) mass is 665 g/mol. The van der Waals surface area contributed by atoms with Crippen molar-refractivity contribution >= 4 is 17.9 Å². The second-order valence-electron chi connectivity index (χ2n) is 13.8. The molecule has 2 atom stereocenters. The third-order valence-electron chi connectivity index (χ3n) is 10.5. The number of rotatable bonds is 14. The molecule has 3 aliphatic heterocycles. The van der Waals surface area contributed by atoms with Gasteiger partial charge in [-0.15, -0.1) is 0 Å². The Morgan fingerprint density at radius 3 is 2.14 bits per heavy atom. The number of benzene rings is 3. The van der Waals surface area contributed by atoms with Crippen molar-refractivity contribution in [2.45, 2.75) is 82.1 Å². The maximum absolute atomic E-state index is 14.4. The molecule has 3 aromatic rings. The van der Waals surface area contributed by atoms with E-state index in [1.165, 1.54) is 11.1 Å². The Bertz CT molecular complexity index is 1500. The number of hydrogen-bond donors (Lipinski definition) is 2. The maximum atomic E-state index is 14.4. The molecule has 49 heavy (non-hydrogen) atoms. The van der Waals surface area contributed by atoms with Gasteiger partial charge >= 0.3 is 6.09 Å². The fourth-order valence-corrected chi connectivity index (χ4v) is 7.78. The van der Waals surface area contributed by atoms with Crippen LogP contribution in [0, 0.1) is 0 Å². The van der Waals surface area contributed by atoms with Gasteiger partial charge in [0, 0.05) is 45.3 Å². The van der Waals surface area contributed by atoms with E-state index in [9.17, 15) is 14.4 Å². The van der Waals surface area contributed by atoms with Crippen LogP contribution in [-0.4, -0.2) is 89.5 Å². The molecule has 3 aromatic carbocycles. The summed E-state index contributed by atoms with van der Waals surface area (Å²) in [6, 6.07) is 30.1. The summed E-state index contributed by atoms with van der Waals surface area (Å²) < 4.78 is 5.31. The van der Waals surface area contributed by atoms with Gasteiger partial charge in [0.1, 0.15) is 18.2 Å². The molecule has 9 heteroatoms. The quantitative estimate of drug-likeness (QED) is 0.232. The van der Waals surface area contributed by atoms with Crippen molar-refractivity contribution < 1.29 is 19.1 Å². The zero-order valence-corrected chi connectivity index (χ0v) is 28.6. The molecule has 1 spiro atoms. The summed E-state index contributed by atoms with van der Waals surface area (Å²) in [5.74, 6) is 0.0593. The molecule has 0 aromatic heterocycles. The average molecular weight is 666 g/mol. The molecule has 2 unspecified atom stereocenters. The number of amides is 3. The Morgan fingerprint density at radius 2 is 1.45 bits per heavy atom. The Labute approximate surface area is 291 Å². The summed E-state index contributed by atoms with van der Waals surface area (Å²) in [6.45, 7) is 5.81. The number of likely N-dealkylation sites (tertiary alicyclic amines) is 2. The predicted octanol–water partition coefficient (Wildman–Crippen LogP) is 5.15. The number of nitrogens with one attached hydrogen (secondary N) is 2. The van der Waals surface area contributed by atoms with E-state index in [1.54, 1.807) is 0 Å². The number of alkyl carbamates (subject to hydrolysis) is 1. The van der Waals surface area contributed by atoms with Crippen molar-refractivity contribution in [3.63, 3.8) is 0 Å². The number of nitrogens with zero attached hydrogens (tertiary/aromatic N) is 3. The lowest BCUT2D eigenvalue weighted by atomic mass is 9.80. The highest BCUT2D eigenvalue weighted by Crippen LogP contribution is 2.37. The van der Waals surface area contributed by atoms with Gasteiger partial charge in [0.15, 0.2) is 0 Å². The largest absolute Gasteiger partial charge is 0.445 e. The van der Waals surface area contributed by atoms with Crippen molar-refractivity contribution in [2.24, 2.45) is 0 Å². The SMILES string of the molecule is O=C(NCCCCC1NC(=O)C2(CCN(CCCc3ccccc3)CC2)N(C2CCN(Cc3ccccc3)C2)C1=O)OCc1ccccc1. The van der Waals surface area contributed by atoms with Crippen LogP contribution in [0.3, 0.4) is 0 Å². The van der Waals surface area contributed by atoms with Crippen LogP contribution in [-0.2, 0) is 33.9 Å². The minimum absolute atomic E-state index is 0.00478. The van der Waals surface area contributed by atoms with Crippen molar-refractivity contribution in [3.8, 4) is 0 Å². The number of unbranched alkanes of at least 4 members (excludes halogenated alkanes) is 1. The molecule has 3 heterocycles. The van der Waals surface area contributed by atoms with Crippen LogP contribution in [0.15, 0.2) is 91.0 Å². The molecular weight excluding hydrogens is 614 g/mol. The van der Waals surface area contributed by atoms with Gasteiger partial charge in [-0.3, -0.25) is 14.5 Å². The van der Waals surface area contributed by atoms with Crippen molar-refractivity contribution in [2.75, 3.05) is 39.3 Å². The van der Waals surface area contributed by atoms with E-state index in [4.69, 9.17) is 4.74 Å². The fraction of sp³-hybridized carbons (Fsp3) is 0.475. The molecule has 0 radical (unpaired) electrons. The summed E-state index contributed by atoms with van der Waals surface area (Å²) in [7, 11) is 0. The van der Waals surface area contributed by atoms with Gasteiger partial charge in [0.25, 0.3) is 0 Å². The normalized spacial score (nSPS) is 21.1. The van der Waals surface area contributed by atoms with Crippen LogP contribution in [0.2, 0.25) is 0 Å². The van der Waals surface area contributed by atoms with Crippen LogP contribution < -0.4 is 10.6 Å². The lowest BCUT2D eigenvalue weighted by molar-refractivity contribution is -0.165. The van der Waals surface area contributed by atoms with E-state index in [0.717, 1.165) is 64.1 Å². The fourth-order valence-electron chi connectivity index (χ4n) is 7.78. The second-order valence-corrected chi connectivity index (χ2v) is 13.8. The highest BCUT2D eigenvalue weighted by molar-refractivity contribution is 6.00. The topological polar surface area (TPSA) is 94.2 Å². The molecule has 260 valence electrons. The lowest BCUT2D eigenvalue weighted by Gasteiger charge is -2.53. The molecule has 3 amide bonds. The minimum atomic E-state index is -0.805. The van der Waals surface area contributed by atoms with Crippen LogP contribution in [0.5, 0.6) is 0 Å². The highest BCUT2D eigenvalue weighted by Gasteiger charge is 2.56. The standard InChI is InChI=1S/C40H51N5O4/c46-37-36(20-10-11-24-41-39(48)49-31-34-17-8-3-9-18-34)42-38(47)40(22-27-43(28-23-40)25-12-19-32-13-4-1-5-14-32)45(37)35-21-26-44(30-35)29-33-15-6-2-7-16-33/h1-9,13-18,35-36H,10-12,19-31H2,(H,41,48)(H,42,47). The Balaban J connectivity index is 1.04. The zero-order chi connectivity index (χ0) is 33.9. The van der Waals surface area contributed by atoms with Crippen molar-refractivity contribution in [1.29, 1.82) is 0 Å². The first-order chi connectivity index (χ1) is 24.0. The number of carbonyl (C=O) groups is 3. The Morgan fingerprint density at radius 1 is 0.796 bits per heavy atom. The summed E-state index contributed by atoms with van der Waals surface area (Å²) in [6.07, 6.45) is 5.80.